The van der Waals surface area contributed by atoms with Crippen molar-refractivity contribution in [3.63, 3.8) is 0 Å². The lowest BCUT2D eigenvalue weighted by molar-refractivity contribution is 0.449. The Bertz CT molecular complexity index is 727. The highest BCUT2D eigenvalue weighted by molar-refractivity contribution is 7.94. The van der Waals surface area contributed by atoms with E-state index in [1.807, 2.05) is 6.07 Å². The molecular formula is C16H21N3O2S2. The third kappa shape index (κ3) is 3.67. The maximum atomic E-state index is 12.2. The van der Waals surface area contributed by atoms with E-state index in [4.69, 9.17) is 0 Å². The normalized spacial score (nSPS) is 18.8. The Kier molecular flexibility index (Phi) is 4.87. The minimum Gasteiger partial charge on any atom is -0.367 e. The van der Waals surface area contributed by atoms with Gasteiger partial charge in [0, 0.05) is 12.6 Å². The number of sulfonamides is 1. The van der Waals surface area contributed by atoms with Crippen molar-refractivity contribution >= 4 is 32.9 Å². The summed E-state index contributed by atoms with van der Waals surface area (Å²) in [4.78, 5) is 6.67. The molecule has 5 nitrogen and oxygen atoms in total. The van der Waals surface area contributed by atoms with E-state index in [0.717, 1.165) is 18.7 Å². The molecule has 0 radical (unpaired) electrons. The van der Waals surface area contributed by atoms with Gasteiger partial charge >= 0.3 is 0 Å². The average molecular weight is 351 g/mol. The standard InChI is InChI=1S/C16H21N3O2S2/c1-2-13-6-3-4-10-19(13)14-8-9-15(17-12-14)18-23(20,21)16-7-5-11-22-16/h5,7-9,11-13H,2-4,6,10H2,1H3,(H,17,18). The monoisotopic (exact) mass is 351 g/mol. The first-order chi connectivity index (χ1) is 11.1. The van der Waals surface area contributed by atoms with Crippen molar-refractivity contribution in [2.75, 3.05) is 16.2 Å². The zero-order valence-corrected chi connectivity index (χ0v) is 14.7. The molecule has 0 saturated carbocycles. The molecule has 1 N–H and O–H groups in total. The molecular weight excluding hydrogens is 330 g/mol. The summed E-state index contributed by atoms with van der Waals surface area (Å²) in [6, 6.07) is 7.55. The number of piperidine rings is 1. The predicted octanol–water partition coefficient (Wildman–Crippen LogP) is 3.71. The first-order valence-corrected chi connectivity index (χ1v) is 10.3. The molecule has 0 aromatic carbocycles. The molecule has 23 heavy (non-hydrogen) atoms. The summed E-state index contributed by atoms with van der Waals surface area (Å²) in [5, 5.41) is 1.74. The van der Waals surface area contributed by atoms with Gasteiger partial charge in [0.1, 0.15) is 10.0 Å². The van der Waals surface area contributed by atoms with Crippen LogP contribution in [0.2, 0.25) is 0 Å². The molecule has 124 valence electrons. The van der Waals surface area contributed by atoms with Gasteiger partial charge in [-0.15, -0.1) is 11.3 Å². The van der Waals surface area contributed by atoms with Crippen LogP contribution < -0.4 is 9.62 Å². The SMILES string of the molecule is CCC1CCCCN1c1ccc(NS(=O)(=O)c2cccs2)nc1. The average Bonchev–Trinajstić information content (AvgIpc) is 3.11. The summed E-state index contributed by atoms with van der Waals surface area (Å²) in [5.74, 6) is 0.354. The zero-order valence-electron chi connectivity index (χ0n) is 13.1. The smallest absolute Gasteiger partial charge is 0.272 e. The van der Waals surface area contributed by atoms with E-state index in [1.165, 1.54) is 30.6 Å². The number of aromatic nitrogens is 1. The van der Waals surface area contributed by atoms with Crippen molar-refractivity contribution < 1.29 is 8.42 Å². The largest absolute Gasteiger partial charge is 0.367 e. The molecule has 3 heterocycles. The van der Waals surface area contributed by atoms with Crippen LogP contribution >= 0.6 is 11.3 Å². The van der Waals surface area contributed by atoms with Crippen LogP contribution in [-0.2, 0) is 10.0 Å². The quantitative estimate of drug-likeness (QED) is 0.892. The number of hydrogen-bond acceptors (Lipinski definition) is 5. The maximum Gasteiger partial charge on any atom is 0.272 e. The minimum atomic E-state index is -3.53. The molecule has 1 aliphatic rings. The summed E-state index contributed by atoms with van der Waals surface area (Å²) in [5.41, 5.74) is 1.07. The molecule has 7 heteroatoms. The maximum absolute atomic E-state index is 12.2. The second-order valence-corrected chi connectivity index (χ2v) is 8.55. The van der Waals surface area contributed by atoms with Crippen molar-refractivity contribution in [3.8, 4) is 0 Å². The minimum absolute atomic E-state index is 0.297. The summed E-state index contributed by atoms with van der Waals surface area (Å²) in [6.07, 6.45) is 6.57. The van der Waals surface area contributed by atoms with E-state index >= 15 is 0 Å². The predicted molar refractivity (Wildman–Crippen MR) is 94.6 cm³/mol. The van der Waals surface area contributed by atoms with Gasteiger partial charge in [0.25, 0.3) is 10.0 Å². The molecule has 1 unspecified atom stereocenters. The summed E-state index contributed by atoms with van der Waals surface area (Å²) >= 11 is 1.19. The summed E-state index contributed by atoms with van der Waals surface area (Å²) < 4.78 is 27.2. The van der Waals surface area contributed by atoms with E-state index in [2.05, 4.69) is 21.5 Å². The number of hydrogen-bond donors (Lipinski definition) is 1. The van der Waals surface area contributed by atoms with Gasteiger partial charge in [-0.1, -0.05) is 13.0 Å². The van der Waals surface area contributed by atoms with E-state index in [1.54, 1.807) is 29.8 Å². The number of nitrogens with zero attached hydrogens (tertiary/aromatic N) is 2. The Hall–Kier alpha value is -1.60. The first kappa shape index (κ1) is 16.3. The van der Waals surface area contributed by atoms with Crippen molar-refractivity contribution in [1.82, 2.24) is 4.98 Å². The summed E-state index contributed by atoms with van der Waals surface area (Å²) in [6.45, 7) is 3.25. The molecule has 1 fully saturated rings. The van der Waals surface area contributed by atoms with Gasteiger partial charge in [0.15, 0.2) is 0 Å². The van der Waals surface area contributed by atoms with Gasteiger partial charge in [0.2, 0.25) is 0 Å². The highest BCUT2D eigenvalue weighted by Gasteiger charge is 2.21. The van der Waals surface area contributed by atoms with E-state index in [0.29, 0.717) is 16.1 Å². The van der Waals surface area contributed by atoms with Crippen LogP contribution in [0.4, 0.5) is 11.5 Å². The third-order valence-corrected chi connectivity index (χ3v) is 6.93. The number of rotatable bonds is 5. The molecule has 1 saturated heterocycles. The lowest BCUT2D eigenvalue weighted by atomic mass is 9.99. The third-order valence-electron chi connectivity index (χ3n) is 4.18. The lowest BCUT2D eigenvalue weighted by Crippen LogP contribution is -2.39. The number of pyridine rings is 1. The molecule has 1 aliphatic heterocycles. The number of thiophene rings is 1. The highest BCUT2D eigenvalue weighted by atomic mass is 32.2. The molecule has 0 spiro atoms. The van der Waals surface area contributed by atoms with Crippen LogP contribution in [0, 0.1) is 0 Å². The van der Waals surface area contributed by atoms with Gasteiger partial charge < -0.3 is 4.90 Å². The number of anilines is 2. The van der Waals surface area contributed by atoms with Crippen LogP contribution in [-0.4, -0.2) is 26.0 Å². The molecule has 0 amide bonds. The summed E-state index contributed by atoms with van der Waals surface area (Å²) in [7, 11) is -3.53. The molecule has 2 aromatic rings. The second kappa shape index (κ2) is 6.88. The number of nitrogens with one attached hydrogen (secondary N) is 1. The fourth-order valence-electron chi connectivity index (χ4n) is 2.99. The van der Waals surface area contributed by atoms with Crippen LogP contribution in [0.25, 0.3) is 0 Å². The fourth-order valence-corrected chi connectivity index (χ4v) is 4.99. The van der Waals surface area contributed by atoms with Gasteiger partial charge in [-0.05, 0) is 49.3 Å². The van der Waals surface area contributed by atoms with Crippen LogP contribution in [0.5, 0.6) is 0 Å². The molecule has 3 rings (SSSR count). The van der Waals surface area contributed by atoms with Crippen LogP contribution in [0.15, 0.2) is 40.1 Å². The van der Waals surface area contributed by atoms with E-state index < -0.39 is 10.0 Å². The fraction of sp³-hybridized carbons (Fsp3) is 0.438. The Morgan fingerprint density at radius 3 is 2.87 bits per heavy atom. The van der Waals surface area contributed by atoms with Crippen LogP contribution in [0.1, 0.15) is 32.6 Å². The van der Waals surface area contributed by atoms with Crippen molar-refractivity contribution in [2.24, 2.45) is 0 Å². The van der Waals surface area contributed by atoms with Gasteiger partial charge in [-0.25, -0.2) is 13.4 Å². The molecule has 2 aromatic heterocycles. The second-order valence-electron chi connectivity index (χ2n) is 5.69. The first-order valence-electron chi connectivity index (χ1n) is 7.89. The van der Waals surface area contributed by atoms with Gasteiger partial charge in [-0.3, -0.25) is 4.72 Å². The Morgan fingerprint density at radius 1 is 1.35 bits per heavy atom. The van der Waals surface area contributed by atoms with Crippen molar-refractivity contribution in [2.45, 2.75) is 42.9 Å². The Labute approximate surface area is 141 Å². The topological polar surface area (TPSA) is 62.3 Å². The van der Waals surface area contributed by atoms with Crippen molar-refractivity contribution in [1.29, 1.82) is 0 Å². The van der Waals surface area contributed by atoms with Crippen molar-refractivity contribution in [3.05, 3.63) is 35.8 Å². The molecule has 0 bridgehead atoms. The van der Waals surface area contributed by atoms with E-state index in [9.17, 15) is 8.42 Å². The lowest BCUT2D eigenvalue weighted by Gasteiger charge is -2.37. The highest BCUT2D eigenvalue weighted by Crippen LogP contribution is 2.27. The molecule has 1 atom stereocenters. The zero-order chi connectivity index (χ0) is 16.3. The van der Waals surface area contributed by atoms with E-state index in [-0.39, 0.29) is 0 Å². The Morgan fingerprint density at radius 2 is 2.22 bits per heavy atom. The van der Waals surface area contributed by atoms with Crippen LogP contribution in [0.3, 0.4) is 0 Å². The van der Waals surface area contributed by atoms with Gasteiger partial charge in [0.05, 0.1) is 11.9 Å². The Balaban J connectivity index is 1.74. The van der Waals surface area contributed by atoms with Gasteiger partial charge in [-0.2, -0.15) is 0 Å². The molecule has 0 aliphatic carbocycles.